The zero-order chi connectivity index (χ0) is 22.0. The molecule has 0 aliphatic rings. The van der Waals surface area contributed by atoms with Crippen LogP contribution in [0.25, 0.3) is 0 Å². The van der Waals surface area contributed by atoms with Gasteiger partial charge in [0.25, 0.3) is 10.1 Å². The number of hydrogen-bond donors (Lipinski definition) is 1. The summed E-state index contributed by atoms with van der Waals surface area (Å²) in [6.07, 6.45) is -1.38. The van der Waals surface area contributed by atoms with Crippen LogP contribution in [-0.2, 0) is 24.3 Å². The number of aryl methyl sites for hydroxylation is 2. The third-order valence-corrected chi connectivity index (χ3v) is 7.44. The van der Waals surface area contributed by atoms with Crippen LogP contribution in [0.3, 0.4) is 0 Å². The minimum atomic E-state index is -4.21. The first kappa shape index (κ1) is 23.5. The second-order valence-corrected chi connectivity index (χ2v) is 11.1. The van der Waals surface area contributed by atoms with Crippen molar-refractivity contribution in [2.45, 2.75) is 56.2 Å². The van der Waals surface area contributed by atoms with Gasteiger partial charge in [0.2, 0.25) is 10.0 Å². The summed E-state index contributed by atoms with van der Waals surface area (Å²) < 4.78 is 57.7. The van der Waals surface area contributed by atoms with Crippen molar-refractivity contribution in [1.29, 1.82) is 0 Å². The van der Waals surface area contributed by atoms with Crippen LogP contribution in [0.5, 0.6) is 0 Å². The summed E-state index contributed by atoms with van der Waals surface area (Å²) in [6, 6.07) is 12.2. The molecule has 0 saturated carbocycles. The minimum Gasteiger partial charge on any atom is -0.389 e. The lowest BCUT2D eigenvalue weighted by Gasteiger charge is -2.32. The lowest BCUT2D eigenvalue weighted by molar-refractivity contribution is 0.0174. The number of aliphatic hydroxyl groups is 1. The van der Waals surface area contributed by atoms with Gasteiger partial charge in [-0.15, -0.1) is 0 Å². The molecule has 1 N–H and O–H groups in total. The highest BCUT2D eigenvalue weighted by molar-refractivity contribution is 7.89. The average Bonchev–Trinajstić information content (AvgIpc) is 2.59. The Hall–Kier alpha value is -1.78. The summed E-state index contributed by atoms with van der Waals surface area (Å²) in [5.74, 6) is 0. The number of benzene rings is 2. The maximum atomic E-state index is 13.2. The van der Waals surface area contributed by atoms with Crippen molar-refractivity contribution in [2.24, 2.45) is 0 Å². The lowest BCUT2D eigenvalue weighted by atomic mass is 10.1. The summed E-state index contributed by atoms with van der Waals surface area (Å²) in [5.41, 5.74) is 0.343. The van der Waals surface area contributed by atoms with Crippen molar-refractivity contribution in [3.8, 4) is 0 Å². The van der Waals surface area contributed by atoms with Crippen molar-refractivity contribution in [2.75, 3.05) is 6.54 Å². The smallest absolute Gasteiger partial charge is 0.298 e. The van der Waals surface area contributed by atoms with E-state index in [0.29, 0.717) is 0 Å². The van der Waals surface area contributed by atoms with Gasteiger partial charge in [0.05, 0.1) is 15.4 Å². The van der Waals surface area contributed by atoms with Crippen LogP contribution in [0.2, 0.25) is 0 Å². The third-order valence-electron chi connectivity index (χ3n) is 4.15. The fourth-order valence-corrected chi connectivity index (χ4v) is 5.40. The predicted octanol–water partition coefficient (Wildman–Crippen LogP) is 2.82. The molecular weight excluding hydrogens is 414 g/mol. The van der Waals surface area contributed by atoms with E-state index in [2.05, 4.69) is 0 Å². The second-order valence-electron chi connectivity index (χ2n) is 7.64. The van der Waals surface area contributed by atoms with Gasteiger partial charge in [-0.05, 0) is 58.9 Å². The maximum Gasteiger partial charge on any atom is 0.298 e. The molecule has 0 spiro atoms. The first-order chi connectivity index (χ1) is 13.2. The van der Waals surface area contributed by atoms with E-state index in [4.69, 9.17) is 4.18 Å². The Morgan fingerprint density at radius 2 is 1.31 bits per heavy atom. The number of rotatable bonds is 8. The molecule has 29 heavy (non-hydrogen) atoms. The molecule has 0 aliphatic carbocycles. The molecule has 0 amide bonds. The fourth-order valence-electron chi connectivity index (χ4n) is 2.63. The molecule has 0 heterocycles. The number of hydrogen-bond acceptors (Lipinski definition) is 6. The molecule has 2 rings (SSSR count). The van der Waals surface area contributed by atoms with Gasteiger partial charge in [-0.25, -0.2) is 12.6 Å². The first-order valence-corrected chi connectivity index (χ1v) is 11.9. The number of nitrogens with zero attached hydrogens (tertiary/aromatic N) is 1. The fraction of sp³-hybridized carbons (Fsp3) is 0.400. The van der Waals surface area contributed by atoms with Gasteiger partial charge in [-0.3, -0.25) is 0 Å². The van der Waals surface area contributed by atoms with E-state index in [-0.39, 0.29) is 16.3 Å². The van der Waals surface area contributed by atoms with E-state index in [0.717, 1.165) is 15.4 Å². The van der Waals surface area contributed by atoms with Crippen LogP contribution >= 0.6 is 0 Å². The Morgan fingerprint density at radius 3 is 1.72 bits per heavy atom. The van der Waals surface area contributed by atoms with Gasteiger partial charge in [-0.1, -0.05) is 35.4 Å². The minimum absolute atomic E-state index is 0.0180. The van der Waals surface area contributed by atoms with E-state index >= 15 is 0 Å². The zero-order valence-corrected chi connectivity index (χ0v) is 18.8. The maximum absolute atomic E-state index is 13.2. The van der Waals surface area contributed by atoms with Gasteiger partial charge >= 0.3 is 0 Å². The van der Waals surface area contributed by atoms with Gasteiger partial charge in [0, 0.05) is 6.54 Å². The molecular formula is C20H27NO6S2. The topological polar surface area (TPSA) is 101 Å². The van der Waals surface area contributed by atoms with Crippen LogP contribution in [-0.4, -0.2) is 44.6 Å². The Balaban J connectivity index is 2.41. The highest BCUT2D eigenvalue weighted by Gasteiger charge is 2.36. The Bertz CT molecular complexity index is 1040. The van der Waals surface area contributed by atoms with Crippen LogP contribution in [0.1, 0.15) is 31.9 Å². The molecule has 0 bridgehead atoms. The van der Waals surface area contributed by atoms with Crippen molar-refractivity contribution in [1.82, 2.24) is 4.31 Å². The third kappa shape index (κ3) is 6.10. The Labute approximate surface area is 173 Å². The van der Waals surface area contributed by atoms with Crippen molar-refractivity contribution >= 4 is 20.1 Å². The van der Waals surface area contributed by atoms with Crippen molar-refractivity contribution in [3.63, 3.8) is 0 Å². The molecule has 2 aromatic carbocycles. The van der Waals surface area contributed by atoms with Crippen LogP contribution in [0.4, 0.5) is 0 Å². The SMILES string of the molecule is Cc1ccc(S(=O)(=O)OC(C)N(CC(C)(C)O)S(=O)(=O)c2ccc(C)cc2)cc1. The quantitative estimate of drug-likeness (QED) is 0.499. The van der Waals surface area contributed by atoms with Gasteiger partial charge in [0.1, 0.15) is 6.23 Å². The first-order valence-electron chi connectivity index (χ1n) is 9.03. The molecule has 160 valence electrons. The standard InChI is InChI=1S/C20H27NO6S2/c1-15-6-10-18(11-7-15)28(23,24)21(14-20(4,5)22)17(3)27-29(25,26)19-12-8-16(2)9-13-19/h6-13,17,22H,14H2,1-5H3. The molecule has 9 heteroatoms. The molecule has 7 nitrogen and oxygen atoms in total. The van der Waals surface area contributed by atoms with Crippen molar-refractivity contribution in [3.05, 3.63) is 59.7 Å². The van der Waals surface area contributed by atoms with E-state index in [9.17, 15) is 21.9 Å². The average molecular weight is 442 g/mol. The zero-order valence-electron chi connectivity index (χ0n) is 17.2. The molecule has 1 atom stereocenters. The highest BCUT2D eigenvalue weighted by Crippen LogP contribution is 2.24. The largest absolute Gasteiger partial charge is 0.389 e. The van der Waals surface area contributed by atoms with Gasteiger partial charge in [0.15, 0.2) is 0 Å². The summed E-state index contributed by atoms with van der Waals surface area (Å²) >= 11 is 0. The number of sulfonamides is 1. The van der Waals surface area contributed by atoms with E-state index in [1.807, 2.05) is 13.8 Å². The summed E-state index contributed by atoms with van der Waals surface area (Å²) in [5, 5.41) is 10.2. The van der Waals surface area contributed by atoms with Gasteiger partial charge < -0.3 is 5.11 Å². The predicted molar refractivity (Wildman–Crippen MR) is 110 cm³/mol. The highest BCUT2D eigenvalue weighted by atomic mass is 32.2. The van der Waals surface area contributed by atoms with Crippen LogP contribution in [0, 0.1) is 13.8 Å². The molecule has 2 aromatic rings. The van der Waals surface area contributed by atoms with Crippen LogP contribution in [0.15, 0.2) is 58.3 Å². The van der Waals surface area contributed by atoms with Crippen LogP contribution < -0.4 is 0 Å². The normalized spacial score (nSPS) is 14.2. The lowest BCUT2D eigenvalue weighted by Crippen LogP contribution is -2.48. The van der Waals surface area contributed by atoms with E-state index in [1.165, 1.54) is 45.0 Å². The molecule has 0 radical (unpaired) electrons. The molecule has 0 fully saturated rings. The Morgan fingerprint density at radius 1 is 0.897 bits per heavy atom. The van der Waals surface area contributed by atoms with Gasteiger partial charge in [-0.2, -0.15) is 12.7 Å². The molecule has 0 aromatic heterocycles. The van der Waals surface area contributed by atoms with Crippen molar-refractivity contribution < 1.29 is 26.1 Å². The second kappa shape index (κ2) is 8.53. The van der Waals surface area contributed by atoms with E-state index in [1.54, 1.807) is 24.3 Å². The summed E-state index contributed by atoms with van der Waals surface area (Å²) in [7, 11) is -8.34. The Kier molecular flexibility index (Phi) is 6.91. The molecule has 1 unspecified atom stereocenters. The molecule has 0 saturated heterocycles. The monoisotopic (exact) mass is 441 g/mol. The van der Waals surface area contributed by atoms with E-state index < -0.39 is 32.0 Å². The summed E-state index contributed by atoms with van der Waals surface area (Å²) in [4.78, 5) is -0.0959. The summed E-state index contributed by atoms with van der Waals surface area (Å²) in [6.45, 7) is 7.48. The molecule has 0 aliphatic heterocycles.